The zero-order chi connectivity index (χ0) is 26.6. The van der Waals surface area contributed by atoms with Gasteiger partial charge in [-0.15, -0.1) is 0 Å². The minimum absolute atomic E-state index is 0.0414. The number of hydrogen-bond acceptors (Lipinski definition) is 5. The van der Waals surface area contributed by atoms with Gasteiger partial charge in [0.05, 0.1) is 23.2 Å². The highest BCUT2D eigenvalue weighted by molar-refractivity contribution is 5.96. The van der Waals surface area contributed by atoms with Crippen molar-refractivity contribution in [1.29, 1.82) is 0 Å². The van der Waals surface area contributed by atoms with Crippen molar-refractivity contribution in [3.8, 4) is 22.5 Å². The van der Waals surface area contributed by atoms with E-state index < -0.39 is 0 Å². The number of piperazine rings is 1. The number of nitrogens with zero attached hydrogens (tertiary/aromatic N) is 4. The fraction of sp³-hybridized carbons (Fsp3) is 0.281. The number of carbonyl (C=O) groups excluding carboxylic acids is 2. The van der Waals surface area contributed by atoms with Gasteiger partial charge in [0, 0.05) is 62.0 Å². The first-order valence-corrected chi connectivity index (χ1v) is 13.6. The summed E-state index contributed by atoms with van der Waals surface area (Å²) in [4.78, 5) is 37.6. The van der Waals surface area contributed by atoms with Gasteiger partial charge < -0.3 is 14.2 Å². The molecule has 2 amide bonds. The van der Waals surface area contributed by atoms with Gasteiger partial charge in [-0.2, -0.15) is 0 Å². The molecule has 39 heavy (non-hydrogen) atoms. The number of piperidine rings is 1. The quantitative estimate of drug-likeness (QED) is 0.368. The first-order chi connectivity index (χ1) is 19.2. The summed E-state index contributed by atoms with van der Waals surface area (Å²) in [6.45, 7) is 4.56. The van der Waals surface area contributed by atoms with E-state index in [0.717, 1.165) is 61.5 Å². The number of aromatic nitrogens is 1. The molecule has 0 radical (unpaired) electrons. The Labute approximate surface area is 228 Å². The summed E-state index contributed by atoms with van der Waals surface area (Å²) in [6, 6.07) is 26.0. The average Bonchev–Trinajstić information content (AvgIpc) is 3.56. The third-order valence-electron chi connectivity index (χ3n) is 7.85. The summed E-state index contributed by atoms with van der Waals surface area (Å²) in [5.74, 6) is 0.0895. The Morgan fingerprint density at radius 1 is 0.667 bits per heavy atom. The second kappa shape index (κ2) is 11.3. The van der Waals surface area contributed by atoms with Crippen LogP contribution in [0.15, 0.2) is 95.8 Å². The molecule has 7 heteroatoms. The smallest absolute Gasteiger partial charge is 0.257 e. The third-order valence-corrected chi connectivity index (χ3v) is 7.85. The molecule has 0 atom stereocenters. The SMILES string of the molecule is O=C(c1ccoc1)N1CCC(N2CCN(C(=O)c3cc(-c4ccccc4)nc(-c4ccccc4)c3)CC2)CC1. The molecule has 0 aliphatic carbocycles. The lowest BCUT2D eigenvalue weighted by atomic mass is 10.0. The van der Waals surface area contributed by atoms with Gasteiger partial charge in [-0.05, 0) is 31.0 Å². The van der Waals surface area contributed by atoms with Gasteiger partial charge in [-0.1, -0.05) is 60.7 Å². The Balaban J connectivity index is 1.12. The topological polar surface area (TPSA) is 69.9 Å². The van der Waals surface area contributed by atoms with E-state index in [0.29, 0.717) is 30.3 Å². The molecule has 0 N–H and O–H groups in total. The molecule has 0 bridgehead atoms. The van der Waals surface area contributed by atoms with Crippen molar-refractivity contribution in [3.63, 3.8) is 0 Å². The third kappa shape index (κ3) is 5.49. The Morgan fingerprint density at radius 2 is 1.21 bits per heavy atom. The summed E-state index contributed by atoms with van der Waals surface area (Å²) < 4.78 is 5.07. The molecule has 2 fully saturated rings. The van der Waals surface area contributed by atoms with E-state index in [1.54, 1.807) is 6.07 Å². The van der Waals surface area contributed by atoms with Crippen molar-refractivity contribution in [1.82, 2.24) is 19.7 Å². The van der Waals surface area contributed by atoms with Crippen LogP contribution in [0.25, 0.3) is 22.5 Å². The number of amides is 2. The van der Waals surface area contributed by atoms with Crippen molar-refractivity contribution >= 4 is 11.8 Å². The van der Waals surface area contributed by atoms with Crippen molar-refractivity contribution in [2.45, 2.75) is 18.9 Å². The van der Waals surface area contributed by atoms with E-state index in [9.17, 15) is 9.59 Å². The van der Waals surface area contributed by atoms with Gasteiger partial charge in [-0.3, -0.25) is 14.5 Å². The highest BCUT2D eigenvalue weighted by Gasteiger charge is 2.31. The maximum absolute atomic E-state index is 13.7. The molecular formula is C32H32N4O3. The van der Waals surface area contributed by atoms with Crippen LogP contribution in [0.4, 0.5) is 0 Å². The van der Waals surface area contributed by atoms with Crippen molar-refractivity contribution in [3.05, 3.63) is 103 Å². The van der Waals surface area contributed by atoms with Crippen LogP contribution in [0.2, 0.25) is 0 Å². The fourth-order valence-corrected chi connectivity index (χ4v) is 5.64. The number of benzene rings is 2. The molecule has 7 nitrogen and oxygen atoms in total. The van der Waals surface area contributed by atoms with Crippen LogP contribution in [-0.2, 0) is 0 Å². The van der Waals surface area contributed by atoms with E-state index in [2.05, 4.69) is 4.90 Å². The molecule has 6 rings (SSSR count). The van der Waals surface area contributed by atoms with Crippen LogP contribution >= 0.6 is 0 Å². The number of likely N-dealkylation sites (tertiary alicyclic amines) is 1. The lowest BCUT2D eigenvalue weighted by molar-refractivity contribution is 0.0412. The Morgan fingerprint density at radius 3 is 1.74 bits per heavy atom. The molecule has 4 heterocycles. The molecule has 2 aliphatic heterocycles. The fourth-order valence-electron chi connectivity index (χ4n) is 5.64. The highest BCUT2D eigenvalue weighted by Crippen LogP contribution is 2.26. The second-order valence-electron chi connectivity index (χ2n) is 10.2. The number of carbonyl (C=O) groups is 2. The van der Waals surface area contributed by atoms with Gasteiger partial charge in [0.2, 0.25) is 0 Å². The predicted molar refractivity (Wildman–Crippen MR) is 150 cm³/mol. The summed E-state index contributed by atoms with van der Waals surface area (Å²) in [6.07, 6.45) is 4.95. The molecule has 4 aromatic rings. The second-order valence-corrected chi connectivity index (χ2v) is 10.2. The molecule has 0 spiro atoms. The van der Waals surface area contributed by atoms with Crippen LogP contribution in [0.5, 0.6) is 0 Å². The van der Waals surface area contributed by atoms with Gasteiger partial charge in [0.15, 0.2) is 0 Å². The van der Waals surface area contributed by atoms with E-state index in [1.807, 2.05) is 82.6 Å². The number of pyridine rings is 1. The van der Waals surface area contributed by atoms with E-state index >= 15 is 0 Å². The zero-order valence-electron chi connectivity index (χ0n) is 21.9. The van der Waals surface area contributed by atoms with Crippen LogP contribution in [0, 0.1) is 0 Å². The minimum Gasteiger partial charge on any atom is -0.472 e. The Bertz CT molecular complexity index is 1350. The number of rotatable bonds is 5. The highest BCUT2D eigenvalue weighted by atomic mass is 16.3. The maximum Gasteiger partial charge on any atom is 0.257 e. The Hall–Kier alpha value is -4.23. The summed E-state index contributed by atoms with van der Waals surface area (Å²) in [7, 11) is 0. The lowest BCUT2D eigenvalue weighted by Gasteiger charge is -2.42. The summed E-state index contributed by atoms with van der Waals surface area (Å²) in [5.41, 5.74) is 4.87. The van der Waals surface area contributed by atoms with Crippen LogP contribution in [0.3, 0.4) is 0 Å². The van der Waals surface area contributed by atoms with Crippen LogP contribution in [0.1, 0.15) is 33.6 Å². The van der Waals surface area contributed by atoms with Gasteiger partial charge in [0.25, 0.3) is 11.8 Å². The standard InChI is InChI=1S/C32H32N4O3/c37-31(26-13-20-39-23-26)35-14-11-28(12-15-35)34-16-18-36(19-17-34)32(38)27-21-29(24-7-3-1-4-8-24)33-30(22-27)25-9-5-2-6-10-25/h1-10,13,20-23,28H,11-12,14-19H2. The minimum atomic E-state index is 0.0414. The van der Waals surface area contributed by atoms with Gasteiger partial charge in [0.1, 0.15) is 6.26 Å². The largest absolute Gasteiger partial charge is 0.472 e. The Kier molecular flexibility index (Phi) is 7.23. The van der Waals surface area contributed by atoms with Crippen LogP contribution in [-0.4, -0.2) is 76.8 Å². The monoisotopic (exact) mass is 520 g/mol. The van der Waals surface area contributed by atoms with Crippen molar-refractivity contribution < 1.29 is 14.0 Å². The molecule has 2 aromatic heterocycles. The number of hydrogen-bond donors (Lipinski definition) is 0. The maximum atomic E-state index is 13.7. The molecule has 0 unspecified atom stereocenters. The average molecular weight is 521 g/mol. The van der Waals surface area contributed by atoms with E-state index in [1.165, 1.54) is 12.5 Å². The molecule has 2 aliphatic rings. The molecule has 2 aromatic carbocycles. The molecule has 0 saturated carbocycles. The predicted octanol–water partition coefficient (Wildman–Crippen LogP) is 5.07. The lowest BCUT2D eigenvalue weighted by Crippen LogP contribution is -2.54. The summed E-state index contributed by atoms with van der Waals surface area (Å²) >= 11 is 0. The first-order valence-electron chi connectivity index (χ1n) is 13.6. The first kappa shape index (κ1) is 25.1. The molecule has 2 saturated heterocycles. The molecule has 198 valence electrons. The molecular weight excluding hydrogens is 488 g/mol. The van der Waals surface area contributed by atoms with Crippen molar-refractivity contribution in [2.75, 3.05) is 39.3 Å². The van der Waals surface area contributed by atoms with Gasteiger partial charge in [-0.25, -0.2) is 4.98 Å². The van der Waals surface area contributed by atoms with Crippen LogP contribution < -0.4 is 0 Å². The van der Waals surface area contributed by atoms with Gasteiger partial charge >= 0.3 is 0 Å². The normalized spacial score (nSPS) is 16.8. The van der Waals surface area contributed by atoms with E-state index in [-0.39, 0.29) is 11.8 Å². The zero-order valence-corrected chi connectivity index (χ0v) is 21.9. The van der Waals surface area contributed by atoms with E-state index in [4.69, 9.17) is 9.40 Å². The summed E-state index contributed by atoms with van der Waals surface area (Å²) in [5, 5.41) is 0. The van der Waals surface area contributed by atoms with Crippen molar-refractivity contribution in [2.24, 2.45) is 0 Å². The number of furan rings is 1.